The molecule has 8 heteroatoms. The second-order valence-corrected chi connectivity index (χ2v) is 7.39. The van der Waals surface area contributed by atoms with E-state index in [9.17, 15) is 20.1 Å². The molecule has 0 radical (unpaired) electrons. The highest BCUT2D eigenvalue weighted by atomic mass is 16.7. The van der Waals surface area contributed by atoms with Gasteiger partial charge in [-0.1, -0.05) is 12.1 Å². The molecule has 1 fully saturated rings. The van der Waals surface area contributed by atoms with Crippen molar-refractivity contribution >= 4 is 5.91 Å². The van der Waals surface area contributed by atoms with Crippen molar-refractivity contribution in [3.05, 3.63) is 48.0 Å². The van der Waals surface area contributed by atoms with Crippen LogP contribution in [0.1, 0.15) is 23.7 Å². The molecule has 162 valence electrons. The van der Waals surface area contributed by atoms with Crippen LogP contribution in [0.3, 0.4) is 0 Å². The molecule has 0 spiro atoms. The van der Waals surface area contributed by atoms with E-state index in [-0.39, 0.29) is 18.9 Å². The summed E-state index contributed by atoms with van der Waals surface area (Å²) in [6.45, 7) is 1.13. The van der Waals surface area contributed by atoms with Gasteiger partial charge in [0, 0.05) is 30.7 Å². The Labute approximate surface area is 175 Å². The molecule has 0 unspecified atom stereocenters. The van der Waals surface area contributed by atoms with Crippen molar-refractivity contribution < 1.29 is 34.3 Å². The smallest absolute Gasteiger partial charge is 0.251 e. The number of aliphatic hydroxyl groups excluding tert-OH is 2. The van der Waals surface area contributed by atoms with Gasteiger partial charge in [0.1, 0.15) is 17.1 Å². The van der Waals surface area contributed by atoms with Crippen molar-refractivity contribution in [2.24, 2.45) is 0 Å². The zero-order valence-electron chi connectivity index (χ0n) is 17.2. The van der Waals surface area contributed by atoms with Gasteiger partial charge in [0.2, 0.25) is 6.29 Å². The van der Waals surface area contributed by atoms with Crippen LogP contribution in [0.4, 0.5) is 0 Å². The SMILES string of the molecule is CNC(=O)c1cccc(-c2ccc(O[C@H]3O[C@H](CO)C[C@H](O)[C@]3(C)O)cc2OC)c1. The average molecular weight is 417 g/mol. The number of benzene rings is 2. The van der Waals surface area contributed by atoms with Crippen molar-refractivity contribution in [1.82, 2.24) is 5.32 Å². The molecule has 2 aromatic carbocycles. The van der Waals surface area contributed by atoms with Crippen LogP contribution in [0.25, 0.3) is 11.1 Å². The Hall–Kier alpha value is -2.65. The lowest BCUT2D eigenvalue weighted by atomic mass is 9.90. The minimum atomic E-state index is -1.65. The molecule has 4 atom stereocenters. The normalized spacial score (nSPS) is 26.1. The Morgan fingerprint density at radius 3 is 2.73 bits per heavy atom. The number of hydrogen-bond acceptors (Lipinski definition) is 7. The quantitative estimate of drug-likeness (QED) is 0.560. The Morgan fingerprint density at radius 1 is 1.30 bits per heavy atom. The van der Waals surface area contributed by atoms with E-state index in [4.69, 9.17) is 14.2 Å². The Bertz CT molecular complexity index is 899. The lowest BCUT2D eigenvalue weighted by Crippen LogP contribution is -2.60. The fraction of sp³-hybridized carbons (Fsp3) is 0.409. The second-order valence-electron chi connectivity index (χ2n) is 7.39. The van der Waals surface area contributed by atoms with Crippen molar-refractivity contribution in [1.29, 1.82) is 0 Å². The molecule has 1 aliphatic rings. The van der Waals surface area contributed by atoms with Crippen LogP contribution in [0.2, 0.25) is 0 Å². The molecule has 3 rings (SSSR count). The van der Waals surface area contributed by atoms with Crippen LogP contribution >= 0.6 is 0 Å². The first-order chi connectivity index (χ1) is 14.3. The fourth-order valence-electron chi connectivity index (χ4n) is 3.36. The molecule has 2 aromatic rings. The van der Waals surface area contributed by atoms with E-state index in [2.05, 4.69) is 5.32 Å². The Morgan fingerprint density at radius 2 is 2.07 bits per heavy atom. The number of amides is 1. The summed E-state index contributed by atoms with van der Waals surface area (Å²) in [7, 11) is 3.09. The first kappa shape index (κ1) is 22.0. The topological polar surface area (TPSA) is 117 Å². The summed E-state index contributed by atoms with van der Waals surface area (Å²) in [5.41, 5.74) is 0.406. The zero-order chi connectivity index (χ0) is 21.9. The number of methoxy groups -OCH3 is 1. The highest BCUT2D eigenvalue weighted by Crippen LogP contribution is 2.36. The van der Waals surface area contributed by atoms with Crippen LogP contribution in [0, 0.1) is 0 Å². The van der Waals surface area contributed by atoms with E-state index in [1.807, 2.05) is 6.07 Å². The lowest BCUT2D eigenvalue weighted by Gasteiger charge is -2.43. The fourth-order valence-corrected chi connectivity index (χ4v) is 3.36. The number of carbonyl (C=O) groups excluding carboxylic acids is 1. The first-order valence-corrected chi connectivity index (χ1v) is 9.64. The molecule has 0 bridgehead atoms. The second kappa shape index (κ2) is 9.01. The molecular formula is C22H27NO7. The predicted molar refractivity (Wildman–Crippen MR) is 109 cm³/mol. The minimum absolute atomic E-state index is 0.104. The largest absolute Gasteiger partial charge is 0.496 e. The van der Waals surface area contributed by atoms with Gasteiger partial charge >= 0.3 is 0 Å². The highest BCUT2D eigenvalue weighted by Gasteiger charge is 2.48. The molecule has 30 heavy (non-hydrogen) atoms. The number of carbonyl (C=O) groups is 1. The van der Waals surface area contributed by atoms with E-state index in [1.165, 1.54) is 14.0 Å². The highest BCUT2D eigenvalue weighted by molar-refractivity contribution is 5.95. The molecule has 1 amide bonds. The maximum Gasteiger partial charge on any atom is 0.251 e. The third-order valence-electron chi connectivity index (χ3n) is 5.24. The van der Waals surface area contributed by atoms with Crippen molar-refractivity contribution in [2.75, 3.05) is 20.8 Å². The average Bonchev–Trinajstić information content (AvgIpc) is 2.76. The van der Waals surface area contributed by atoms with Gasteiger partial charge in [-0.3, -0.25) is 4.79 Å². The van der Waals surface area contributed by atoms with E-state index in [1.54, 1.807) is 43.4 Å². The third-order valence-corrected chi connectivity index (χ3v) is 5.24. The summed E-state index contributed by atoms with van der Waals surface area (Å²) in [6, 6.07) is 12.2. The van der Waals surface area contributed by atoms with Gasteiger partial charge in [0.05, 0.1) is 25.9 Å². The van der Waals surface area contributed by atoms with E-state index in [0.29, 0.717) is 17.1 Å². The van der Waals surface area contributed by atoms with Crippen LogP contribution in [0.5, 0.6) is 11.5 Å². The Kier molecular flexibility index (Phi) is 6.62. The predicted octanol–water partition coefficient (Wildman–Crippen LogP) is 1.32. The summed E-state index contributed by atoms with van der Waals surface area (Å²) >= 11 is 0. The van der Waals surface area contributed by atoms with E-state index < -0.39 is 24.1 Å². The van der Waals surface area contributed by atoms with Crippen LogP contribution in [-0.2, 0) is 4.74 Å². The third kappa shape index (κ3) is 4.41. The molecule has 8 nitrogen and oxygen atoms in total. The molecular weight excluding hydrogens is 390 g/mol. The van der Waals surface area contributed by atoms with Crippen molar-refractivity contribution in [2.45, 2.75) is 37.4 Å². The number of nitrogens with one attached hydrogen (secondary N) is 1. The van der Waals surface area contributed by atoms with Gasteiger partial charge in [0.25, 0.3) is 5.91 Å². The van der Waals surface area contributed by atoms with Crippen molar-refractivity contribution in [3.8, 4) is 22.6 Å². The standard InChI is InChI=1S/C22H27NO7/c1-22(27)19(25)11-16(12-24)30-21(22)29-15-7-8-17(18(10-15)28-3)13-5-4-6-14(9-13)20(26)23-2/h4-10,16,19,21,24-25,27H,11-12H2,1-3H3,(H,23,26)/t16-,19-,21-,22-/m0/s1. The number of hydrogen-bond donors (Lipinski definition) is 4. The molecule has 0 aromatic heterocycles. The summed E-state index contributed by atoms with van der Waals surface area (Å²) in [5.74, 6) is 0.662. The van der Waals surface area contributed by atoms with Gasteiger partial charge in [-0.05, 0) is 36.8 Å². The molecule has 1 heterocycles. The summed E-state index contributed by atoms with van der Waals surface area (Å²) in [4.78, 5) is 11.9. The first-order valence-electron chi connectivity index (χ1n) is 9.64. The maximum absolute atomic E-state index is 11.9. The summed E-state index contributed by atoms with van der Waals surface area (Å²) in [5, 5.41) is 32.7. The molecule has 0 saturated carbocycles. The molecule has 0 aliphatic carbocycles. The minimum Gasteiger partial charge on any atom is -0.496 e. The van der Waals surface area contributed by atoms with E-state index in [0.717, 1.165) is 11.1 Å². The Balaban J connectivity index is 1.88. The van der Waals surface area contributed by atoms with Crippen LogP contribution in [-0.4, -0.2) is 66.1 Å². The van der Waals surface area contributed by atoms with Gasteiger partial charge < -0.3 is 34.8 Å². The molecule has 1 aliphatic heterocycles. The van der Waals surface area contributed by atoms with Crippen LogP contribution < -0.4 is 14.8 Å². The number of rotatable bonds is 6. The zero-order valence-corrected chi connectivity index (χ0v) is 17.2. The molecule has 4 N–H and O–H groups in total. The van der Waals surface area contributed by atoms with Crippen LogP contribution in [0.15, 0.2) is 42.5 Å². The number of aliphatic hydroxyl groups is 3. The van der Waals surface area contributed by atoms with Gasteiger partial charge in [-0.25, -0.2) is 0 Å². The number of ether oxygens (including phenoxy) is 3. The maximum atomic E-state index is 11.9. The molecule has 1 saturated heterocycles. The van der Waals surface area contributed by atoms with Gasteiger partial charge in [-0.2, -0.15) is 0 Å². The summed E-state index contributed by atoms with van der Waals surface area (Å²) in [6.07, 6.45) is -2.82. The lowest BCUT2D eigenvalue weighted by molar-refractivity contribution is -0.283. The van der Waals surface area contributed by atoms with Gasteiger partial charge in [-0.15, -0.1) is 0 Å². The monoisotopic (exact) mass is 417 g/mol. The van der Waals surface area contributed by atoms with Crippen molar-refractivity contribution in [3.63, 3.8) is 0 Å². The summed E-state index contributed by atoms with van der Waals surface area (Å²) < 4.78 is 16.9. The van der Waals surface area contributed by atoms with E-state index >= 15 is 0 Å². The van der Waals surface area contributed by atoms with Gasteiger partial charge in [0.15, 0.2) is 0 Å².